The Morgan fingerprint density at radius 1 is 0.462 bits per heavy atom. The normalized spacial score (nSPS) is 12.1. The van der Waals surface area contributed by atoms with Crippen LogP contribution in [-0.2, 0) is 0 Å². The molecule has 182 valence electrons. The van der Waals surface area contributed by atoms with E-state index in [9.17, 15) is 0 Å². The summed E-state index contributed by atoms with van der Waals surface area (Å²) in [5, 5.41) is 3.43. The lowest BCUT2D eigenvalue weighted by Gasteiger charge is -2.32. The van der Waals surface area contributed by atoms with Crippen molar-refractivity contribution in [2.24, 2.45) is 0 Å². The minimum absolute atomic E-state index is 0.633. The van der Waals surface area contributed by atoms with Gasteiger partial charge >= 0.3 is 0 Å². The van der Waals surface area contributed by atoms with Crippen molar-refractivity contribution in [1.82, 2.24) is 15.0 Å². The topological polar surface area (TPSA) is 41.9 Å². The van der Waals surface area contributed by atoms with Crippen LogP contribution in [-0.4, -0.2) is 15.0 Å². The number of hydrogen-bond donors (Lipinski definition) is 0. The molecule has 0 saturated heterocycles. The number of benzene rings is 5. The van der Waals surface area contributed by atoms with Crippen LogP contribution in [0.3, 0.4) is 0 Å². The van der Waals surface area contributed by atoms with Crippen molar-refractivity contribution in [2.75, 3.05) is 4.90 Å². The van der Waals surface area contributed by atoms with E-state index in [1.165, 1.54) is 5.39 Å². The van der Waals surface area contributed by atoms with Crippen LogP contribution in [0, 0.1) is 0 Å². The predicted molar refractivity (Wildman–Crippen MR) is 159 cm³/mol. The lowest BCUT2D eigenvalue weighted by atomic mass is 9.93. The minimum atomic E-state index is 0.633. The molecule has 3 heterocycles. The van der Waals surface area contributed by atoms with Crippen LogP contribution < -0.4 is 4.90 Å². The molecule has 0 saturated carbocycles. The zero-order valence-corrected chi connectivity index (χ0v) is 21.0. The molecule has 1 aliphatic rings. The van der Waals surface area contributed by atoms with E-state index in [0.29, 0.717) is 5.95 Å². The van der Waals surface area contributed by atoms with Crippen molar-refractivity contribution in [2.45, 2.75) is 0 Å². The molecule has 0 atom stereocenters. The maximum absolute atomic E-state index is 5.17. The molecule has 0 bridgehead atoms. The summed E-state index contributed by atoms with van der Waals surface area (Å²) in [6.07, 6.45) is 0. The van der Waals surface area contributed by atoms with Crippen LogP contribution >= 0.6 is 0 Å². The fourth-order valence-electron chi connectivity index (χ4n) is 5.63. The van der Waals surface area contributed by atoms with Crippen LogP contribution in [0.25, 0.3) is 55.4 Å². The maximum Gasteiger partial charge on any atom is 0.235 e. The smallest absolute Gasteiger partial charge is 0.235 e. The molecule has 2 aromatic heterocycles. The third kappa shape index (κ3) is 3.42. The molecule has 7 aromatic rings. The first-order chi connectivity index (χ1) is 19.3. The third-order valence-corrected chi connectivity index (χ3v) is 7.40. The summed E-state index contributed by atoms with van der Waals surface area (Å²) in [5.74, 6) is 0.633. The number of nitrogens with zero attached hydrogens (tertiary/aromatic N) is 4. The second kappa shape index (κ2) is 8.61. The predicted octanol–water partition coefficient (Wildman–Crippen LogP) is 8.96. The third-order valence-electron chi connectivity index (χ3n) is 7.40. The Hall–Kier alpha value is -5.35. The molecule has 0 N–H and O–H groups in total. The van der Waals surface area contributed by atoms with Gasteiger partial charge in [0, 0.05) is 27.5 Å². The molecule has 0 unspecified atom stereocenters. The first-order valence-electron chi connectivity index (χ1n) is 13.1. The molecular formula is C35H22N4. The van der Waals surface area contributed by atoms with Gasteiger partial charge in [0.1, 0.15) is 0 Å². The average molecular weight is 499 g/mol. The van der Waals surface area contributed by atoms with Gasteiger partial charge in [0.2, 0.25) is 5.95 Å². The highest BCUT2D eigenvalue weighted by molar-refractivity contribution is 6.19. The van der Waals surface area contributed by atoms with E-state index in [4.69, 9.17) is 15.0 Å². The van der Waals surface area contributed by atoms with Crippen molar-refractivity contribution < 1.29 is 0 Å². The van der Waals surface area contributed by atoms with Crippen molar-refractivity contribution in [3.05, 3.63) is 133 Å². The molecule has 4 heteroatoms. The van der Waals surface area contributed by atoms with Gasteiger partial charge in [0.15, 0.2) is 0 Å². The van der Waals surface area contributed by atoms with Gasteiger partial charge in [0.25, 0.3) is 0 Å². The first kappa shape index (κ1) is 21.7. The van der Waals surface area contributed by atoms with Gasteiger partial charge in [-0.15, -0.1) is 0 Å². The number of hydrogen-bond acceptors (Lipinski definition) is 4. The number of para-hydroxylation sites is 2. The van der Waals surface area contributed by atoms with Crippen LogP contribution in [0.15, 0.2) is 133 Å². The van der Waals surface area contributed by atoms with E-state index in [1.54, 1.807) is 0 Å². The fraction of sp³-hybridized carbons (Fsp3) is 0. The molecule has 0 radical (unpaired) electrons. The zero-order chi connectivity index (χ0) is 25.8. The molecule has 8 rings (SSSR count). The molecule has 1 aliphatic heterocycles. The highest BCUT2D eigenvalue weighted by atomic mass is 15.3. The Kier molecular flexibility index (Phi) is 4.79. The Morgan fingerprint density at radius 2 is 1.05 bits per heavy atom. The van der Waals surface area contributed by atoms with Gasteiger partial charge in [0.05, 0.1) is 34.0 Å². The monoisotopic (exact) mass is 498 g/mol. The van der Waals surface area contributed by atoms with E-state index < -0.39 is 0 Å². The first-order valence-corrected chi connectivity index (χ1v) is 13.1. The number of fused-ring (bicyclic) bond motifs is 4. The molecule has 4 nitrogen and oxygen atoms in total. The molecule has 0 fully saturated rings. The largest absolute Gasteiger partial charge is 0.278 e. The lowest BCUT2D eigenvalue weighted by Crippen LogP contribution is -2.18. The number of rotatable bonds is 3. The summed E-state index contributed by atoms with van der Waals surface area (Å²) >= 11 is 0. The van der Waals surface area contributed by atoms with E-state index in [1.807, 2.05) is 42.5 Å². The molecular weight excluding hydrogens is 476 g/mol. The average Bonchev–Trinajstić information content (AvgIpc) is 3.02. The summed E-state index contributed by atoms with van der Waals surface area (Å²) in [5.41, 5.74) is 8.97. The standard InChI is InChI=1S/C35H22N4/c1-3-12-23(13-4-1)29-22-30(24-14-5-2-6-15-24)38-35(37-29)39-31-20-10-8-17-27(31)34-33-26(18-11-21-32(33)39)25-16-7-9-19-28(25)36-34/h1-22H. The fourth-order valence-corrected chi connectivity index (χ4v) is 5.63. The molecule has 39 heavy (non-hydrogen) atoms. The molecule has 0 amide bonds. The lowest BCUT2D eigenvalue weighted by molar-refractivity contribution is 1.09. The van der Waals surface area contributed by atoms with Crippen LogP contribution in [0.1, 0.15) is 0 Å². The van der Waals surface area contributed by atoms with Gasteiger partial charge in [-0.3, -0.25) is 4.90 Å². The van der Waals surface area contributed by atoms with Crippen LogP contribution in [0.4, 0.5) is 17.3 Å². The quantitative estimate of drug-likeness (QED) is 0.228. The number of anilines is 3. The molecule has 0 spiro atoms. The highest BCUT2D eigenvalue weighted by Gasteiger charge is 2.29. The van der Waals surface area contributed by atoms with Gasteiger partial charge in [-0.1, -0.05) is 109 Å². The number of pyridine rings is 1. The summed E-state index contributed by atoms with van der Waals surface area (Å²) in [6, 6.07) is 45.9. The molecule has 0 aliphatic carbocycles. The summed E-state index contributed by atoms with van der Waals surface area (Å²) in [7, 11) is 0. The Bertz CT molecular complexity index is 1960. The number of aromatic nitrogens is 3. The highest BCUT2D eigenvalue weighted by Crippen LogP contribution is 2.50. The van der Waals surface area contributed by atoms with Crippen molar-refractivity contribution >= 4 is 39.0 Å². The minimum Gasteiger partial charge on any atom is -0.278 e. The summed E-state index contributed by atoms with van der Waals surface area (Å²) < 4.78 is 0. The van der Waals surface area contributed by atoms with Gasteiger partial charge in [-0.25, -0.2) is 15.0 Å². The maximum atomic E-state index is 5.17. The van der Waals surface area contributed by atoms with Crippen molar-refractivity contribution in [1.29, 1.82) is 0 Å². The Labute approximate surface area is 225 Å². The second-order valence-corrected chi connectivity index (χ2v) is 9.70. The van der Waals surface area contributed by atoms with E-state index in [2.05, 4.69) is 95.9 Å². The molecule has 5 aromatic carbocycles. The Morgan fingerprint density at radius 3 is 1.79 bits per heavy atom. The van der Waals surface area contributed by atoms with Gasteiger partial charge in [-0.2, -0.15) is 0 Å². The Balaban J connectivity index is 1.46. The van der Waals surface area contributed by atoms with E-state index >= 15 is 0 Å². The van der Waals surface area contributed by atoms with Crippen LogP contribution in [0.2, 0.25) is 0 Å². The van der Waals surface area contributed by atoms with Gasteiger partial charge in [-0.05, 0) is 29.7 Å². The van der Waals surface area contributed by atoms with Crippen molar-refractivity contribution in [3.63, 3.8) is 0 Å². The zero-order valence-electron chi connectivity index (χ0n) is 21.0. The SMILES string of the molecule is c1ccc(-c2cc(-c3ccccc3)nc(N3c4ccccc4-c4nc5ccccc5c5cccc3c45)n2)cc1. The van der Waals surface area contributed by atoms with E-state index in [-0.39, 0.29) is 0 Å². The summed E-state index contributed by atoms with van der Waals surface area (Å²) in [6.45, 7) is 0. The second-order valence-electron chi connectivity index (χ2n) is 9.70. The summed E-state index contributed by atoms with van der Waals surface area (Å²) in [4.78, 5) is 17.7. The van der Waals surface area contributed by atoms with Crippen molar-refractivity contribution in [3.8, 4) is 33.8 Å². The van der Waals surface area contributed by atoms with E-state index in [0.717, 1.165) is 61.4 Å². The van der Waals surface area contributed by atoms with Crippen LogP contribution in [0.5, 0.6) is 0 Å². The van der Waals surface area contributed by atoms with Gasteiger partial charge < -0.3 is 0 Å².